The van der Waals surface area contributed by atoms with E-state index in [4.69, 9.17) is 0 Å². The summed E-state index contributed by atoms with van der Waals surface area (Å²) in [6.07, 6.45) is 4.16. The molecule has 0 amide bonds. The molecular weight excluding hydrogens is 284 g/mol. The van der Waals surface area contributed by atoms with E-state index in [1.54, 1.807) is 12.4 Å². The summed E-state index contributed by atoms with van der Waals surface area (Å²) in [7, 11) is 0. The van der Waals surface area contributed by atoms with Crippen LogP contribution in [0.15, 0.2) is 18.5 Å². The summed E-state index contributed by atoms with van der Waals surface area (Å²) in [4.78, 5) is 17.9. The largest absolute Gasteiger partial charge is 0.481 e. The quantitative estimate of drug-likeness (QED) is 0.789. The summed E-state index contributed by atoms with van der Waals surface area (Å²) >= 11 is 0. The Morgan fingerprint density at radius 2 is 2.41 bits per heavy atom. The fourth-order valence-corrected chi connectivity index (χ4v) is 3.40. The van der Waals surface area contributed by atoms with Gasteiger partial charge in [-0.25, -0.2) is 4.98 Å². The fraction of sp³-hybridized carbons (Fsp3) is 0.533. The lowest BCUT2D eigenvalue weighted by Crippen LogP contribution is -2.54. The van der Waals surface area contributed by atoms with Crippen LogP contribution in [0.3, 0.4) is 0 Å². The second-order valence-corrected chi connectivity index (χ2v) is 5.89. The Morgan fingerprint density at radius 3 is 3.09 bits per heavy atom. The minimum absolute atomic E-state index is 0.302. The molecule has 1 fully saturated rings. The first-order chi connectivity index (χ1) is 10.6. The van der Waals surface area contributed by atoms with E-state index in [9.17, 15) is 15.0 Å². The van der Waals surface area contributed by atoms with Crippen molar-refractivity contribution >= 4 is 22.7 Å². The highest BCUT2D eigenvalue weighted by Gasteiger charge is 2.48. The summed E-state index contributed by atoms with van der Waals surface area (Å²) < 4.78 is 0. The molecule has 2 aromatic heterocycles. The van der Waals surface area contributed by atoms with Crippen LogP contribution in [0, 0.1) is 5.41 Å². The van der Waals surface area contributed by atoms with Gasteiger partial charge in [0.05, 0.1) is 28.8 Å². The Labute approximate surface area is 128 Å². The molecule has 1 aliphatic rings. The molecule has 3 heterocycles. The van der Waals surface area contributed by atoms with Gasteiger partial charge in [-0.1, -0.05) is 13.3 Å². The highest BCUT2D eigenvalue weighted by atomic mass is 16.4. The number of hydrogen-bond acceptors (Lipinski definition) is 5. The monoisotopic (exact) mass is 304 g/mol. The van der Waals surface area contributed by atoms with Gasteiger partial charge in [-0.3, -0.25) is 9.89 Å². The number of nitrogens with zero attached hydrogens (tertiary/aromatic N) is 3. The number of aromatic nitrogens is 3. The standard InChI is InChI=1S/C15H20N4O3/c1-2-4-15(14(21)22)5-7-19(9-12(15)20)11-3-6-16-13-10(11)8-17-18-13/h3,6,8,12,20H,2,4-5,7,9H2,1H3,(H,21,22)(H,16,17,18)/t12-,15-/m0/s1. The van der Waals surface area contributed by atoms with E-state index in [-0.39, 0.29) is 0 Å². The fourth-order valence-electron chi connectivity index (χ4n) is 3.40. The normalized spacial score (nSPS) is 25.5. The van der Waals surface area contributed by atoms with Gasteiger partial charge in [0.1, 0.15) is 0 Å². The summed E-state index contributed by atoms with van der Waals surface area (Å²) in [6, 6.07) is 1.87. The molecular formula is C15H20N4O3. The summed E-state index contributed by atoms with van der Waals surface area (Å²) in [5.41, 5.74) is 0.581. The van der Waals surface area contributed by atoms with Crippen LogP contribution < -0.4 is 4.90 Å². The number of aliphatic hydroxyl groups excluding tert-OH is 1. The molecule has 3 rings (SSSR count). The molecule has 0 radical (unpaired) electrons. The Kier molecular flexibility index (Phi) is 3.74. The van der Waals surface area contributed by atoms with Gasteiger partial charge in [-0.2, -0.15) is 5.10 Å². The van der Waals surface area contributed by atoms with Crippen molar-refractivity contribution in [3.8, 4) is 0 Å². The molecule has 7 nitrogen and oxygen atoms in total. The number of aliphatic carboxylic acids is 1. The van der Waals surface area contributed by atoms with Gasteiger partial charge in [-0.15, -0.1) is 0 Å². The average molecular weight is 304 g/mol. The van der Waals surface area contributed by atoms with E-state index < -0.39 is 17.5 Å². The topological polar surface area (TPSA) is 102 Å². The highest BCUT2D eigenvalue weighted by Crippen LogP contribution is 2.39. The lowest BCUT2D eigenvalue weighted by atomic mass is 9.72. The van der Waals surface area contributed by atoms with Crippen LogP contribution in [0.4, 0.5) is 5.69 Å². The maximum atomic E-state index is 11.7. The number of rotatable bonds is 4. The summed E-state index contributed by atoms with van der Waals surface area (Å²) in [6.45, 7) is 2.84. The zero-order chi connectivity index (χ0) is 15.7. The van der Waals surface area contributed by atoms with Crippen molar-refractivity contribution < 1.29 is 15.0 Å². The number of β-amino-alcohol motifs (C(OH)–C–C–N with tert-alkyl or cyclic N) is 1. The number of anilines is 1. The summed E-state index contributed by atoms with van der Waals surface area (Å²) in [5.74, 6) is -0.898. The molecule has 118 valence electrons. The van der Waals surface area contributed by atoms with Crippen molar-refractivity contribution in [2.24, 2.45) is 5.41 Å². The van der Waals surface area contributed by atoms with Crippen molar-refractivity contribution in [1.29, 1.82) is 0 Å². The first-order valence-electron chi connectivity index (χ1n) is 7.53. The number of carbonyl (C=O) groups is 1. The second kappa shape index (κ2) is 5.57. The van der Waals surface area contributed by atoms with Gasteiger partial charge >= 0.3 is 5.97 Å². The molecule has 7 heteroatoms. The van der Waals surface area contributed by atoms with E-state index in [1.807, 2.05) is 17.9 Å². The highest BCUT2D eigenvalue weighted by molar-refractivity contribution is 5.89. The van der Waals surface area contributed by atoms with Gasteiger partial charge < -0.3 is 15.1 Å². The van der Waals surface area contributed by atoms with E-state index >= 15 is 0 Å². The molecule has 0 aliphatic carbocycles. The molecule has 22 heavy (non-hydrogen) atoms. The van der Waals surface area contributed by atoms with E-state index in [2.05, 4.69) is 15.2 Å². The van der Waals surface area contributed by atoms with Crippen LogP contribution in [0.5, 0.6) is 0 Å². The zero-order valence-corrected chi connectivity index (χ0v) is 12.5. The van der Waals surface area contributed by atoms with Gasteiger partial charge in [0.2, 0.25) is 0 Å². The van der Waals surface area contributed by atoms with Gasteiger partial charge in [0.25, 0.3) is 0 Å². The first-order valence-corrected chi connectivity index (χ1v) is 7.53. The Balaban J connectivity index is 1.89. The molecule has 0 bridgehead atoms. The first kappa shape index (κ1) is 14.8. The molecule has 0 spiro atoms. The van der Waals surface area contributed by atoms with Crippen LogP contribution in [0.1, 0.15) is 26.2 Å². The number of pyridine rings is 1. The number of aromatic amines is 1. The second-order valence-electron chi connectivity index (χ2n) is 5.89. The van der Waals surface area contributed by atoms with Crippen molar-refractivity contribution in [1.82, 2.24) is 15.2 Å². The van der Waals surface area contributed by atoms with Gasteiger partial charge in [-0.05, 0) is 18.9 Å². The Morgan fingerprint density at radius 1 is 1.59 bits per heavy atom. The zero-order valence-electron chi connectivity index (χ0n) is 12.5. The van der Waals surface area contributed by atoms with Crippen LogP contribution in [0.2, 0.25) is 0 Å². The molecule has 1 aliphatic heterocycles. The van der Waals surface area contributed by atoms with Crippen LogP contribution in [-0.2, 0) is 4.79 Å². The number of aliphatic hydroxyl groups is 1. The summed E-state index contributed by atoms with van der Waals surface area (Å²) in [5, 5.41) is 27.8. The van der Waals surface area contributed by atoms with Crippen molar-refractivity contribution in [2.75, 3.05) is 18.0 Å². The predicted molar refractivity (Wildman–Crippen MR) is 81.7 cm³/mol. The smallest absolute Gasteiger partial charge is 0.312 e. The van der Waals surface area contributed by atoms with Gasteiger partial charge in [0.15, 0.2) is 5.65 Å². The third-order valence-corrected chi connectivity index (χ3v) is 4.65. The van der Waals surface area contributed by atoms with Crippen molar-refractivity contribution in [3.05, 3.63) is 18.5 Å². The number of hydrogen-bond donors (Lipinski definition) is 3. The third-order valence-electron chi connectivity index (χ3n) is 4.65. The number of nitrogens with one attached hydrogen (secondary N) is 1. The van der Waals surface area contributed by atoms with E-state index in [1.165, 1.54) is 0 Å². The Bertz CT molecular complexity index is 686. The van der Waals surface area contributed by atoms with E-state index in [0.29, 0.717) is 31.6 Å². The molecule has 3 N–H and O–H groups in total. The SMILES string of the molecule is CCC[C@]1(C(=O)O)CCN(c2ccnc3[nH]ncc23)C[C@@H]1O. The minimum Gasteiger partial charge on any atom is -0.481 e. The lowest BCUT2D eigenvalue weighted by molar-refractivity contribution is -0.159. The molecule has 2 atom stereocenters. The average Bonchev–Trinajstić information content (AvgIpc) is 2.97. The van der Waals surface area contributed by atoms with Crippen molar-refractivity contribution in [2.45, 2.75) is 32.3 Å². The Hall–Kier alpha value is -2.15. The number of carboxylic acids is 1. The molecule has 0 unspecified atom stereocenters. The molecule has 0 aromatic carbocycles. The van der Waals surface area contributed by atoms with Crippen LogP contribution in [-0.4, -0.2) is 50.6 Å². The predicted octanol–water partition coefficient (Wildman–Crippen LogP) is 1.40. The van der Waals surface area contributed by atoms with E-state index in [0.717, 1.165) is 17.5 Å². The third kappa shape index (κ3) is 2.21. The number of carboxylic acid groups (broad SMARTS) is 1. The number of H-pyrrole nitrogens is 1. The maximum absolute atomic E-state index is 11.7. The van der Waals surface area contributed by atoms with Crippen LogP contribution >= 0.6 is 0 Å². The molecule has 2 aromatic rings. The van der Waals surface area contributed by atoms with Crippen molar-refractivity contribution in [3.63, 3.8) is 0 Å². The van der Waals surface area contributed by atoms with Gasteiger partial charge in [0, 0.05) is 19.3 Å². The van der Waals surface area contributed by atoms with Crippen LogP contribution in [0.25, 0.3) is 11.0 Å². The number of fused-ring (bicyclic) bond motifs is 1. The number of piperidine rings is 1. The minimum atomic E-state index is -1.03. The molecule has 1 saturated heterocycles. The maximum Gasteiger partial charge on any atom is 0.312 e. The molecule has 0 saturated carbocycles. The lowest BCUT2D eigenvalue weighted by Gasteiger charge is -2.43.